The first kappa shape index (κ1) is 16.2. The molecule has 1 fully saturated rings. The van der Waals surface area contributed by atoms with Crippen LogP contribution in [0.4, 0.5) is 4.39 Å². The second kappa shape index (κ2) is 6.27. The van der Waals surface area contributed by atoms with Crippen LogP contribution in [0.1, 0.15) is 10.4 Å². The molecule has 0 radical (unpaired) electrons. The van der Waals surface area contributed by atoms with Gasteiger partial charge in [0.2, 0.25) is 10.0 Å². The highest BCUT2D eigenvalue weighted by atomic mass is 35.5. The van der Waals surface area contributed by atoms with Crippen LogP contribution in [-0.2, 0) is 14.8 Å². The quantitative estimate of drug-likeness (QED) is 0.897. The third kappa shape index (κ3) is 3.18. The number of hydrogen-bond donors (Lipinski definition) is 1. The Hall–Kier alpha value is -1.22. The van der Waals surface area contributed by atoms with Gasteiger partial charge in [-0.2, -0.15) is 4.31 Å². The number of morpholine rings is 1. The van der Waals surface area contributed by atoms with E-state index in [9.17, 15) is 17.6 Å². The van der Waals surface area contributed by atoms with Crippen molar-refractivity contribution < 1.29 is 27.4 Å². The maximum absolute atomic E-state index is 12.9. The molecule has 1 aliphatic rings. The van der Waals surface area contributed by atoms with Crippen molar-refractivity contribution >= 4 is 27.6 Å². The Kier molecular flexibility index (Phi) is 4.82. The summed E-state index contributed by atoms with van der Waals surface area (Å²) in [7, 11) is -3.95. The average molecular weight is 338 g/mol. The Labute approximate surface area is 126 Å². The number of halogens is 2. The molecule has 1 N–H and O–H groups in total. The summed E-state index contributed by atoms with van der Waals surface area (Å²) in [6.07, 6.45) is 0. The van der Waals surface area contributed by atoms with Crippen LogP contribution in [0.15, 0.2) is 23.1 Å². The van der Waals surface area contributed by atoms with Gasteiger partial charge >= 0.3 is 5.97 Å². The lowest BCUT2D eigenvalue weighted by Gasteiger charge is -2.32. The number of aromatic carboxylic acids is 1. The number of carboxylic acids is 1. The maximum Gasteiger partial charge on any atom is 0.337 e. The minimum Gasteiger partial charge on any atom is -0.478 e. The highest BCUT2D eigenvalue weighted by molar-refractivity contribution is 7.89. The molecular formula is C12H13ClFNO5S. The second-order valence-electron chi connectivity index (χ2n) is 4.45. The number of hydrogen-bond acceptors (Lipinski definition) is 4. The molecule has 1 aliphatic heterocycles. The fraction of sp³-hybridized carbons (Fsp3) is 0.417. The molecule has 9 heteroatoms. The standard InChI is InChI=1S/C12H13ClFNO5S/c13-11-5-9(1-2-10(11)12(16)17)21(18,19)15-3-4-20-7-8(15)6-14/h1-2,5,8H,3-4,6-7H2,(H,16,17). The Morgan fingerprint density at radius 2 is 2.24 bits per heavy atom. The van der Waals surface area contributed by atoms with E-state index < -0.39 is 28.7 Å². The van der Waals surface area contributed by atoms with Crippen LogP contribution in [0.3, 0.4) is 0 Å². The van der Waals surface area contributed by atoms with Gasteiger partial charge < -0.3 is 9.84 Å². The number of ether oxygens (including phenoxy) is 1. The largest absolute Gasteiger partial charge is 0.478 e. The smallest absolute Gasteiger partial charge is 0.337 e. The van der Waals surface area contributed by atoms with E-state index in [1.54, 1.807) is 0 Å². The van der Waals surface area contributed by atoms with Crippen molar-refractivity contribution in [3.63, 3.8) is 0 Å². The van der Waals surface area contributed by atoms with Crippen LogP contribution in [0.2, 0.25) is 5.02 Å². The molecule has 116 valence electrons. The minimum atomic E-state index is -3.95. The average Bonchev–Trinajstić information content (AvgIpc) is 2.46. The van der Waals surface area contributed by atoms with E-state index in [1.165, 1.54) is 0 Å². The highest BCUT2D eigenvalue weighted by Crippen LogP contribution is 2.25. The zero-order valence-electron chi connectivity index (χ0n) is 10.8. The summed E-state index contributed by atoms with van der Waals surface area (Å²) in [6.45, 7) is -0.664. The van der Waals surface area contributed by atoms with Crippen molar-refractivity contribution in [2.75, 3.05) is 26.4 Å². The topological polar surface area (TPSA) is 83.9 Å². The van der Waals surface area contributed by atoms with Crippen LogP contribution in [0, 0.1) is 0 Å². The number of carboxylic acid groups (broad SMARTS) is 1. The number of rotatable bonds is 4. The van der Waals surface area contributed by atoms with Gasteiger partial charge in [-0.25, -0.2) is 17.6 Å². The van der Waals surface area contributed by atoms with Crippen LogP contribution in [0.25, 0.3) is 0 Å². The van der Waals surface area contributed by atoms with Gasteiger partial charge in [-0.3, -0.25) is 0 Å². The molecule has 1 heterocycles. The lowest BCUT2D eigenvalue weighted by molar-refractivity contribution is 0.0238. The van der Waals surface area contributed by atoms with Crippen molar-refractivity contribution in [1.29, 1.82) is 0 Å². The molecule has 0 aliphatic carbocycles. The van der Waals surface area contributed by atoms with E-state index in [2.05, 4.69) is 0 Å². The minimum absolute atomic E-state index is 0.0172. The summed E-state index contributed by atoms with van der Waals surface area (Å²) in [5.74, 6) is -1.25. The van der Waals surface area contributed by atoms with Crippen molar-refractivity contribution in [2.45, 2.75) is 10.9 Å². The van der Waals surface area contributed by atoms with E-state index in [-0.39, 0.29) is 35.2 Å². The Morgan fingerprint density at radius 3 is 2.81 bits per heavy atom. The molecule has 0 aromatic heterocycles. The third-order valence-electron chi connectivity index (χ3n) is 3.13. The van der Waals surface area contributed by atoms with Crippen LogP contribution >= 0.6 is 11.6 Å². The van der Waals surface area contributed by atoms with E-state index in [4.69, 9.17) is 21.4 Å². The summed E-state index contributed by atoms with van der Waals surface area (Å²) < 4.78 is 44.0. The SMILES string of the molecule is O=C(O)c1ccc(S(=O)(=O)N2CCOCC2CF)cc1Cl. The molecule has 0 saturated carbocycles. The molecule has 1 unspecified atom stereocenters. The lowest BCUT2D eigenvalue weighted by atomic mass is 10.2. The molecule has 1 aromatic rings. The Morgan fingerprint density at radius 1 is 1.52 bits per heavy atom. The van der Waals surface area contributed by atoms with E-state index in [1.807, 2.05) is 0 Å². The Bertz CT molecular complexity index is 651. The summed E-state index contributed by atoms with van der Waals surface area (Å²) >= 11 is 5.78. The van der Waals surface area contributed by atoms with Gasteiger partial charge in [-0.1, -0.05) is 11.6 Å². The normalized spacial score (nSPS) is 20.4. The maximum atomic E-state index is 12.9. The van der Waals surface area contributed by atoms with Crippen molar-refractivity contribution in [2.24, 2.45) is 0 Å². The van der Waals surface area contributed by atoms with Crippen LogP contribution in [0.5, 0.6) is 0 Å². The monoisotopic (exact) mass is 337 g/mol. The Balaban J connectivity index is 2.39. The number of nitrogens with zero attached hydrogens (tertiary/aromatic N) is 1. The summed E-state index contributed by atoms with van der Waals surface area (Å²) in [5, 5.41) is 8.69. The first-order chi connectivity index (χ1) is 9.87. The predicted molar refractivity (Wildman–Crippen MR) is 72.9 cm³/mol. The zero-order chi connectivity index (χ0) is 15.6. The van der Waals surface area contributed by atoms with Crippen molar-refractivity contribution in [3.8, 4) is 0 Å². The molecule has 1 saturated heterocycles. The van der Waals surface area contributed by atoms with Gasteiger partial charge in [0.05, 0.1) is 34.7 Å². The molecule has 6 nitrogen and oxygen atoms in total. The molecule has 2 rings (SSSR count). The molecule has 0 spiro atoms. The number of alkyl halides is 1. The molecule has 1 aromatic carbocycles. The van der Waals surface area contributed by atoms with Crippen LogP contribution in [-0.4, -0.2) is 56.3 Å². The lowest BCUT2D eigenvalue weighted by Crippen LogP contribution is -2.49. The van der Waals surface area contributed by atoms with Crippen molar-refractivity contribution in [3.05, 3.63) is 28.8 Å². The summed E-state index contributed by atoms with van der Waals surface area (Å²) in [4.78, 5) is 10.7. The van der Waals surface area contributed by atoms with E-state index >= 15 is 0 Å². The first-order valence-electron chi connectivity index (χ1n) is 6.06. The fourth-order valence-electron chi connectivity index (χ4n) is 2.04. The van der Waals surface area contributed by atoms with Gasteiger partial charge in [0.15, 0.2) is 0 Å². The second-order valence-corrected chi connectivity index (χ2v) is 6.74. The molecule has 21 heavy (non-hydrogen) atoms. The zero-order valence-corrected chi connectivity index (χ0v) is 12.4. The van der Waals surface area contributed by atoms with Gasteiger partial charge in [0, 0.05) is 6.54 Å². The number of carbonyl (C=O) groups is 1. The fourth-order valence-corrected chi connectivity index (χ4v) is 3.97. The highest BCUT2D eigenvalue weighted by Gasteiger charge is 2.34. The summed E-state index contributed by atoms with van der Waals surface area (Å²) in [6, 6.07) is 2.44. The van der Waals surface area contributed by atoms with Gasteiger partial charge in [-0.15, -0.1) is 0 Å². The van der Waals surface area contributed by atoms with E-state index in [0.717, 1.165) is 22.5 Å². The molecular weight excluding hydrogens is 325 g/mol. The third-order valence-corrected chi connectivity index (χ3v) is 5.39. The molecule has 0 amide bonds. The van der Waals surface area contributed by atoms with Crippen LogP contribution < -0.4 is 0 Å². The van der Waals surface area contributed by atoms with E-state index in [0.29, 0.717) is 0 Å². The van der Waals surface area contributed by atoms with Gasteiger partial charge in [0.1, 0.15) is 6.67 Å². The number of sulfonamides is 1. The van der Waals surface area contributed by atoms with Gasteiger partial charge in [-0.05, 0) is 18.2 Å². The number of benzene rings is 1. The molecule has 1 atom stereocenters. The van der Waals surface area contributed by atoms with Gasteiger partial charge in [0.25, 0.3) is 0 Å². The molecule has 0 bridgehead atoms. The predicted octanol–water partition coefficient (Wildman–Crippen LogP) is 1.40. The first-order valence-corrected chi connectivity index (χ1v) is 7.88. The van der Waals surface area contributed by atoms with Crippen molar-refractivity contribution in [1.82, 2.24) is 4.31 Å². The summed E-state index contributed by atoms with van der Waals surface area (Å²) in [5.41, 5.74) is -0.195.